The molecule has 2 heterocycles. The maximum Gasteiger partial charge on any atom is 0.409 e. The lowest BCUT2D eigenvalue weighted by molar-refractivity contribution is -0.0626. The summed E-state index contributed by atoms with van der Waals surface area (Å²) in [6.45, 7) is 1.98. The van der Waals surface area contributed by atoms with E-state index in [9.17, 15) is 23.1 Å². The Morgan fingerprint density at radius 3 is 2.46 bits per heavy atom. The van der Waals surface area contributed by atoms with E-state index in [2.05, 4.69) is 0 Å². The fourth-order valence-corrected chi connectivity index (χ4v) is 5.43. The summed E-state index contributed by atoms with van der Waals surface area (Å²) in [6, 6.07) is 16.4. The van der Waals surface area contributed by atoms with Crippen molar-refractivity contribution in [2.75, 3.05) is 12.8 Å². The standard InChI is InChI=1S/C27H29FN2O6S/c1-3-6-19-7-4-5-8-23(19)27(14-16-30(26(32)33)24(28)18-27)36-21-13-15-29(25(31)17-21)20-9-11-22(12-10-20)37(2,34)35/h4-5,7-13,15,17,24H,3,6,14,16,18H2,1-2H3,(H,32,33). The second-order valence-electron chi connectivity index (χ2n) is 9.20. The van der Waals surface area contributed by atoms with Crippen molar-refractivity contribution in [3.8, 4) is 11.4 Å². The number of halogens is 1. The van der Waals surface area contributed by atoms with Crippen molar-refractivity contribution in [2.24, 2.45) is 0 Å². The molecule has 1 aliphatic rings. The molecule has 1 saturated heterocycles. The topological polar surface area (TPSA) is 106 Å². The van der Waals surface area contributed by atoms with E-state index in [1.807, 2.05) is 31.2 Å². The van der Waals surface area contributed by atoms with E-state index < -0.39 is 33.4 Å². The Balaban J connectivity index is 1.70. The monoisotopic (exact) mass is 528 g/mol. The molecule has 1 aliphatic heterocycles. The average Bonchev–Trinajstić information content (AvgIpc) is 2.84. The first kappa shape index (κ1) is 26.4. The third-order valence-corrected chi connectivity index (χ3v) is 7.74. The molecule has 2 atom stereocenters. The Morgan fingerprint density at radius 2 is 1.86 bits per heavy atom. The molecule has 1 amide bonds. The van der Waals surface area contributed by atoms with Crippen LogP contribution >= 0.6 is 0 Å². The highest BCUT2D eigenvalue weighted by Gasteiger charge is 2.46. The van der Waals surface area contributed by atoms with E-state index >= 15 is 4.39 Å². The van der Waals surface area contributed by atoms with Crippen LogP contribution in [0, 0.1) is 0 Å². The quantitative estimate of drug-likeness (QED) is 0.452. The first-order valence-corrected chi connectivity index (χ1v) is 13.9. The molecule has 1 fully saturated rings. The summed E-state index contributed by atoms with van der Waals surface area (Å²) in [5.41, 5.74) is 0.671. The van der Waals surface area contributed by atoms with E-state index in [0.717, 1.165) is 35.1 Å². The van der Waals surface area contributed by atoms with Crippen LogP contribution in [-0.2, 0) is 21.9 Å². The first-order valence-electron chi connectivity index (χ1n) is 12.0. The molecule has 0 radical (unpaired) electrons. The first-order chi connectivity index (χ1) is 17.5. The maximum atomic E-state index is 15.1. The van der Waals surface area contributed by atoms with Gasteiger partial charge in [-0.2, -0.15) is 0 Å². The van der Waals surface area contributed by atoms with E-state index in [1.165, 1.54) is 41.1 Å². The number of alkyl halides is 1. The number of benzene rings is 2. The number of piperidine rings is 1. The fraction of sp³-hybridized carbons (Fsp3) is 0.333. The zero-order valence-corrected chi connectivity index (χ0v) is 21.4. The zero-order chi connectivity index (χ0) is 26.8. The van der Waals surface area contributed by atoms with Crippen LogP contribution in [0.1, 0.15) is 37.3 Å². The van der Waals surface area contributed by atoms with Crippen molar-refractivity contribution in [3.05, 3.63) is 88.3 Å². The van der Waals surface area contributed by atoms with Gasteiger partial charge in [-0.1, -0.05) is 37.6 Å². The van der Waals surface area contributed by atoms with Crippen LogP contribution < -0.4 is 10.3 Å². The van der Waals surface area contributed by atoms with Crippen LogP contribution in [-0.4, -0.2) is 48.2 Å². The predicted molar refractivity (Wildman–Crippen MR) is 137 cm³/mol. The number of carboxylic acid groups (broad SMARTS) is 1. The molecule has 2 unspecified atom stereocenters. The SMILES string of the molecule is CCCc1ccccc1C1(Oc2ccn(-c3ccc(S(C)(=O)=O)cc3)c(=O)c2)CCN(C(=O)O)C(F)C1. The molecule has 0 spiro atoms. The van der Waals surface area contributed by atoms with Crippen molar-refractivity contribution in [3.63, 3.8) is 0 Å². The molecule has 1 N–H and O–H groups in total. The van der Waals surface area contributed by atoms with Crippen molar-refractivity contribution in [2.45, 2.75) is 49.4 Å². The number of carbonyl (C=O) groups is 1. The van der Waals surface area contributed by atoms with Gasteiger partial charge in [-0.05, 0) is 47.9 Å². The van der Waals surface area contributed by atoms with E-state index in [1.54, 1.807) is 6.07 Å². The van der Waals surface area contributed by atoms with Crippen LogP contribution in [0.25, 0.3) is 5.69 Å². The molecule has 8 nitrogen and oxygen atoms in total. The van der Waals surface area contributed by atoms with Gasteiger partial charge in [-0.3, -0.25) is 14.3 Å². The number of amides is 1. The van der Waals surface area contributed by atoms with Crippen LogP contribution in [0.5, 0.6) is 5.75 Å². The zero-order valence-electron chi connectivity index (χ0n) is 20.6. The molecule has 4 rings (SSSR count). The van der Waals surface area contributed by atoms with E-state index in [4.69, 9.17) is 4.74 Å². The minimum absolute atomic E-state index is 0.0549. The van der Waals surface area contributed by atoms with Gasteiger partial charge in [0.1, 0.15) is 11.4 Å². The number of nitrogens with zero attached hydrogens (tertiary/aromatic N) is 2. The minimum atomic E-state index is -3.37. The minimum Gasteiger partial charge on any atom is -0.482 e. The lowest BCUT2D eigenvalue weighted by Crippen LogP contribution is -2.52. The molecule has 37 heavy (non-hydrogen) atoms. The van der Waals surface area contributed by atoms with Gasteiger partial charge in [0, 0.05) is 43.6 Å². The lowest BCUT2D eigenvalue weighted by atomic mass is 9.80. The molecule has 1 aromatic heterocycles. The molecule has 10 heteroatoms. The van der Waals surface area contributed by atoms with Gasteiger partial charge in [0.05, 0.1) is 4.90 Å². The van der Waals surface area contributed by atoms with Gasteiger partial charge in [0.2, 0.25) is 0 Å². The third kappa shape index (κ3) is 5.53. The van der Waals surface area contributed by atoms with Crippen LogP contribution in [0.3, 0.4) is 0 Å². The Bertz CT molecular complexity index is 1450. The second kappa shape index (κ2) is 10.4. The van der Waals surface area contributed by atoms with E-state index in [-0.39, 0.29) is 30.0 Å². The number of likely N-dealkylation sites (tertiary alicyclic amines) is 1. The van der Waals surface area contributed by atoms with Gasteiger partial charge < -0.3 is 9.84 Å². The highest BCUT2D eigenvalue weighted by atomic mass is 32.2. The molecular formula is C27H29FN2O6S. The molecule has 0 aliphatic carbocycles. The molecule has 2 aromatic carbocycles. The summed E-state index contributed by atoms with van der Waals surface area (Å²) >= 11 is 0. The summed E-state index contributed by atoms with van der Waals surface area (Å²) < 4.78 is 46.3. The van der Waals surface area contributed by atoms with Gasteiger partial charge in [-0.15, -0.1) is 0 Å². The maximum absolute atomic E-state index is 15.1. The Morgan fingerprint density at radius 1 is 1.16 bits per heavy atom. The predicted octanol–water partition coefficient (Wildman–Crippen LogP) is 4.54. The summed E-state index contributed by atoms with van der Waals surface area (Å²) in [5.74, 6) is 0.233. The molecule has 196 valence electrons. The third-order valence-electron chi connectivity index (χ3n) is 6.61. The van der Waals surface area contributed by atoms with Crippen molar-refractivity contribution in [1.29, 1.82) is 0 Å². The number of hydrogen-bond acceptors (Lipinski definition) is 5. The van der Waals surface area contributed by atoms with Crippen molar-refractivity contribution in [1.82, 2.24) is 9.47 Å². The smallest absolute Gasteiger partial charge is 0.409 e. The number of sulfone groups is 1. The molecule has 0 saturated carbocycles. The summed E-state index contributed by atoms with van der Waals surface area (Å²) in [4.78, 5) is 25.4. The number of rotatable bonds is 7. The number of aromatic nitrogens is 1. The van der Waals surface area contributed by atoms with Crippen LogP contribution in [0.4, 0.5) is 9.18 Å². The van der Waals surface area contributed by atoms with Gasteiger partial charge in [0.15, 0.2) is 16.1 Å². The lowest BCUT2D eigenvalue weighted by Gasteiger charge is -2.43. The number of ether oxygens (including phenoxy) is 1. The fourth-order valence-electron chi connectivity index (χ4n) is 4.80. The Kier molecular flexibility index (Phi) is 7.40. The Hall–Kier alpha value is -3.66. The average molecular weight is 529 g/mol. The van der Waals surface area contributed by atoms with E-state index in [0.29, 0.717) is 5.69 Å². The van der Waals surface area contributed by atoms with Crippen LogP contribution in [0.2, 0.25) is 0 Å². The number of hydrogen-bond donors (Lipinski definition) is 1. The summed E-state index contributed by atoms with van der Waals surface area (Å²) in [5, 5.41) is 9.38. The van der Waals surface area contributed by atoms with Gasteiger partial charge in [0.25, 0.3) is 5.56 Å². The van der Waals surface area contributed by atoms with Crippen LogP contribution in [0.15, 0.2) is 76.6 Å². The summed E-state index contributed by atoms with van der Waals surface area (Å²) in [7, 11) is -3.37. The highest BCUT2D eigenvalue weighted by Crippen LogP contribution is 2.42. The molecule has 3 aromatic rings. The molecular weight excluding hydrogens is 499 g/mol. The number of aryl methyl sites for hydroxylation is 1. The number of pyridine rings is 1. The van der Waals surface area contributed by atoms with Gasteiger partial charge in [-0.25, -0.2) is 17.6 Å². The highest BCUT2D eigenvalue weighted by molar-refractivity contribution is 7.90. The Labute approximate surface area is 214 Å². The normalized spacial score (nSPS) is 20.0. The summed E-state index contributed by atoms with van der Waals surface area (Å²) in [6.07, 6.45) is 1.14. The van der Waals surface area contributed by atoms with Crippen molar-refractivity contribution < 1.29 is 27.4 Å². The second-order valence-corrected chi connectivity index (χ2v) is 11.2. The largest absolute Gasteiger partial charge is 0.482 e. The molecule has 0 bridgehead atoms. The van der Waals surface area contributed by atoms with Gasteiger partial charge >= 0.3 is 6.09 Å². The van der Waals surface area contributed by atoms with Crippen molar-refractivity contribution >= 4 is 15.9 Å².